The quantitative estimate of drug-likeness (QED) is 0.640. The topological polar surface area (TPSA) is 37.6 Å². The van der Waals surface area contributed by atoms with Crippen molar-refractivity contribution < 1.29 is 9.84 Å². The fourth-order valence-corrected chi connectivity index (χ4v) is 5.39. The van der Waals surface area contributed by atoms with Crippen LogP contribution in [0.25, 0.3) is 10.9 Å². The van der Waals surface area contributed by atoms with Gasteiger partial charge in [0.15, 0.2) is 0 Å². The van der Waals surface area contributed by atoms with E-state index in [1.807, 2.05) is 0 Å². The molecule has 3 aliphatic rings. The largest absolute Gasteiger partial charge is 0.490 e. The van der Waals surface area contributed by atoms with Gasteiger partial charge in [0.2, 0.25) is 0 Å². The lowest BCUT2D eigenvalue weighted by molar-refractivity contribution is 0.0794. The fourth-order valence-electron chi connectivity index (χ4n) is 5.39. The van der Waals surface area contributed by atoms with Crippen molar-refractivity contribution in [2.24, 2.45) is 5.92 Å². The predicted molar refractivity (Wildman–Crippen MR) is 123 cm³/mol. The molecular weight excluding hydrogens is 384 g/mol. The third kappa shape index (κ3) is 4.11. The highest BCUT2D eigenvalue weighted by molar-refractivity contribution is 5.85. The van der Waals surface area contributed by atoms with Crippen LogP contribution in [0.4, 0.5) is 0 Å². The van der Waals surface area contributed by atoms with Crippen molar-refractivity contribution in [3.63, 3.8) is 0 Å². The van der Waals surface area contributed by atoms with Crippen molar-refractivity contribution >= 4 is 10.9 Å². The molecule has 2 heterocycles. The first-order valence-corrected chi connectivity index (χ1v) is 12.0. The molecule has 3 aromatic rings. The second-order valence-electron chi connectivity index (χ2n) is 9.85. The Morgan fingerprint density at radius 2 is 1.68 bits per heavy atom. The Hall–Kier alpha value is -2.30. The van der Waals surface area contributed by atoms with Gasteiger partial charge in [-0.25, -0.2) is 0 Å². The Morgan fingerprint density at radius 1 is 0.935 bits per heavy atom. The average molecular weight is 417 g/mol. The number of rotatable bonds is 6. The van der Waals surface area contributed by atoms with Crippen LogP contribution in [-0.4, -0.2) is 39.9 Å². The van der Waals surface area contributed by atoms with Crippen LogP contribution >= 0.6 is 0 Å². The molecule has 4 heteroatoms. The molecule has 6 rings (SSSR count). The minimum Gasteiger partial charge on any atom is -0.490 e. The van der Waals surface area contributed by atoms with E-state index in [9.17, 15) is 5.11 Å². The molecule has 0 bridgehead atoms. The van der Waals surface area contributed by atoms with E-state index >= 15 is 0 Å². The minimum atomic E-state index is -0.122. The van der Waals surface area contributed by atoms with Gasteiger partial charge in [-0.15, -0.1) is 0 Å². The zero-order chi connectivity index (χ0) is 20.8. The number of aliphatic hydroxyl groups is 1. The number of likely N-dealkylation sites (tertiary alicyclic amines) is 1. The Balaban J connectivity index is 1.25. The highest BCUT2D eigenvalue weighted by atomic mass is 16.5. The molecule has 2 aliphatic carbocycles. The lowest BCUT2D eigenvalue weighted by Crippen LogP contribution is -2.35. The first-order valence-electron chi connectivity index (χ1n) is 12.0. The smallest absolute Gasteiger partial charge is 0.120 e. The van der Waals surface area contributed by atoms with Crippen LogP contribution in [0.3, 0.4) is 0 Å². The summed E-state index contributed by atoms with van der Waals surface area (Å²) in [7, 11) is 0. The summed E-state index contributed by atoms with van der Waals surface area (Å²) in [4.78, 5) is 2.49. The van der Waals surface area contributed by atoms with Gasteiger partial charge >= 0.3 is 0 Å². The number of aromatic nitrogens is 1. The number of ether oxygens (including phenoxy) is 1. The molecule has 31 heavy (non-hydrogen) atoms. The molecule has 0 amide bonds. The second-order valence-corrected chi connectivity index (χ2v) is 9.85. The van der Waals surface area contributed by atoms with Gasteiger partial charge in [-0.2, -0.15) is 0 Å². The maximum absolute atomic E-state index is 9.86. The standard InChI is InChI=1S/C27H32N2O2/c30-23-9-11-28(12-10-23)17-22-18-29(16-19-5-6-19)27-8-7-24(15-26(22)27)31-25-13-20-3-1-2-4-21(20)14-25/h1-4,7-8,15,18-19,23,25,30H,5-6,9-14,16-17H2. The summed E-state index contributed by atoms with van der Waals surface area (Å²) >= 11 is 0. The summed E-state index contributed by atoms with van der Waals surface area (Å²) in [6.07, 6.45) is 8.99. The van der Waals surface area contributed by atoms with Gasteiger partial charge in [-0.05, 0) is 66.5 Å². The van der Waals surface area contributed by atoms with E-state index in [0.29, 0.717) is 0 Å². The van der Waals surface area contributed by atoms with Crippen LogP contribution in [-0.2, 0) is 25.9 Å². The molecular formula is C27H32N2O2. The first-order chi connectivity index (χ1) is 15.2. The summed E-state index contributed by atoms with van der Waals surface area (Å²) in [6, 6.07) is 15.4. The summed E-state index contributed by atoms with van der Waals surface area (Å²) < 4.78 is 8.94. The van der Waals surface area contributed by atoms with Crippen LogP contribution in [0.5, 0.6) is 5.75 Å². The number of aliphatic hydroxyl groups excluding tert-OH is 1. The third-order valence-electron chi connectivity index (χ3n) is 7.35. The van der Waals surface area contributed by atoms with Gasteiger partial charge in [-0.1, -0.05) is 24.3 Å². The maximum atomic E-state index is 9.86. The Morgan fingerprint density at radius 3 is 2.39 bits per heavy atom. The highest BCUT2D eigenvalue weighted by Gasteiger charge is 2.25. The van der Waals surface area contributed by atoms with E-state index < -0.39 is 0 Å². The molecule has 1 N–H and O–H groups in total. The molecule has 4 nitrogen and oxygen atoms in total. The molecule has 2 aromatic carbocycles. The van der Waals surface area contributed by atoms with Gasteiger partial charge < -0.3 is 14.4 Å². The van der Waals surface area contributed by atoms with Crippen molar-refractivity contribution in [2.45, 2.75) is 63.8 Å². The molecule has 2 fully saturated rings. The van der Waals surface area contributed by atoms with E-state index in [-0.39, 0.29) is 12.2 Å². The Bertz CT molecular complexity index is 1050. The van der Waals surface area contributed by atoms with Gasteiger partial charge in [-0.3, -0.25) is 4.90 Å². The number of hydrogen-bond acceptors (Lipinski definition) is 3. The number of nitrogens with zero attached hydrogens (tertiary/aromatic N) is 2. The van der Waals surface area contributed by atoms with Crippen molar-refractivity contribution in [2.75, 3.05) is 13.1 Å². The van der Waals surface area contributed by atoms with E-state index in [1.54, 1.807) is 0 Å². The Kier molecular flexibility index (Phi) is 5.00. The van der Waals surface area contributed by atoms with Gasteiger partial charge in [0.1, 0.15) is 11.9 Å². The van der Waals surface area contributed by atoms with E-state index in [2.05, 4.69) is 58.1 Å². The minimum absolute atomic E-state index is 0.122. The number of hydrogen-bond donors (Lipinski definition) is 1. The van der Waals surface area contributed by atoms with Crippen molar-refractivity contribution in [3.8, 4) is 5.75 Å². The molecule has 1 aliphatic heterocycles. The number of piperidine rings is 1. The number of fused-ring (bicyclic) bond motifs is 2. The van der Waals surface area contributed by atoms with E-state index in [0.717, 1.165) is 63.5 Å². The molecule has 0 radical (unpaired) electrons. The van der Waals surface area contributed by atoms with Crippen LogP contribution in [0.1, 0.15) is 42.4 Å². The summed E-state index contributed by atoms with van der Waals surface area (Å²) in [5.41, 5.74) is 5.59. The molecule has 1 saturated heterocycles. The fraction of sp³-hybridized carbons (Fsp3) is 0.481. The Labute approximate surface area is 184 Å². The first kappa shape index (κ1) is 19.4. The van der Waals surface area contributed by atoms with Gasteiger partial charge in [0.25, 0.3) is 0 Å². The van der Waals surface area contributed by atoms with Crippen LogP contribution < -0.4 is 4.74 Å². The highest BCUT2D eigenvalue weighted by Crippen LogP contribution is 2.35. The molecule has 162 valence electrons. The van der Waals surface area contributed by atoms with E-state index in [1.165, 1.54) is 40.4 Å². The summed E-state index contributed by atoms with van der Waals surface area (Å²) in [5.74, 6) is 1.84. The predicted octanol–water partition coefficient (Wildman–Crippen LogP) is 4.55. The monoisotopic (exact) mass is 416 g/mol. The zero-order valence-corrected chi connectivity index (χ0v) is 18.2. The van der Waals surface area contributed by atoms with Gasteiger partial charge in [0, 0.05) is 56.1 Å². The van der Waals surface area contributed by atoms with Crippen molar-refractivity contribution in [3.05, 3.63) is 65.4 Å². The normalized spacial score (nSPS) is 20.4. The zero-order valence-electron chi connectivity index (χ0n) is 18.2. The number of benzene rings is 2. The summed E-state index contributed by atoms with van der Waals surface area (Å²) in [5, 5.41) is 11.2. The van der Waals surface area contributed by atoms with Crippen molar-refractivity contribution in [1.29, 1.82) is 0 Å². The van der Waals surface area contributed by atoms with Crippen LogP contribution in [0.2, 0.25) is 0 Å². The maximum Gasteiger partial charge on any atom is 0.120 e. The van der Waals surface area contributed by atoms with Crippen LogP contribution in [0, 0.1) is 5.92 Å². The molecule has 0 atom stereocenters. The lowest BCUT2D eigenvalue weighted by Gasteiger charge is -2.29. The second kappa shape index (κ2) is 7.99. The van der Waals surface area contributed by atoms with Crippen LogP contribution in [0.15, 0.2) is 48.7 Å². The molecule has 0 spiro atoms. The lowest BCUT2D eigenvalue weighted by atomic mass is 10.1. The molecule has 0 unspecified atom stereocenters. The van der Waals surface area contributed by atoms with Crippen molar-refractivity contribution in [1.82, 2.24) is 9.47 Å². The SMILES string of the molecule is OC1CCN(Cc2cn(CC3CC3)c3ccc(OC4Cc5ccccc5C4)cc23)CC1. The molecule has 1 aromatic heterocycles. The average Bonchev–Trinajstić information content (AvgIpc) is 3.41. The summed E-state index contributed by atoms with van der Waals surface area (Å²) in [6.45, 7) is 4.05. The van der Waals surface area contributed by atoms with E-state index in [4.69, 9.17) is 4.74 Å². The molecule has 1 saturated carbocycles. The third-order valence-corrected chi connectivity index (χ3v) is 7.35. The van der Waals surface area contributed by atoms with Gasteiger partial charge in [0.05, 0.1) is 6.10 Å².